The van der Waals surface area contributed by atoms with Gasteiger partial charge in [0.05, 0.1) is 11.0 Å². The maximum Gasteiger partial charge on any atom is 0.328 e. The fourth-order valence-corrected chi connectivity index (χ4v) is 2.57. The molecule has 7 nitrogen and oxygen atoms in total. The number of imidazole rings is 1. The van der Waals surface area contributed by atoms with Crippen molar-refractivity contribution in [2.24, 2.45) is 14.1 Å². The molecule has 0 radical (unpaired) electrons. The number of hydrogen-bond acceptors (Lipinski definition) is 5. The molecule has 0 aliphatic carbocycles. The first-order valence-electron chi connectivity index (χ1n) is 7.55. The Kier molecular flexibility index (Phi) is 4.01. The van der Waals surface area contributed by atoms with E-state index in [1.165, 1.54) is 0 Å². The van der Waals surface area contributed by atoms with Crippen LogP contribution in [0.3, 0.4) is 0 Å². The lowest BCUT2D eigenvalue weighted by atomic mass is 10.2. The number of hydrogen-bond donors (Lipinski definition) is 2. The Hall–Kier alpha value is -2.83. The Labute approximate surface area is 134 Å². The number of aryl methyl sites for hydroxylation is 2. The number of aromatic nitrogens is 4. The topological polar surface area (TPSA) is 76.8 Å². The highest BCUT2D eigenvalue weighted by Gasteiger charge is 2.08. The molecule has 120 valence electrons. The van der Waals surface area contributed by atoms with E-state index in [0.717, 1.165) is 29.0 Å². The van der Waals surface area contributed by atoms with Gasteiger partial charge in [0.25, 0.3) is 0 Å². The largest absolute Gasteiger partial charge is 0.370 e. The number of nitrogens with zero attached hydrogens (tertiary/aromatic N) is 4. The van der Waals surface area contributed by atoms with Crippen LogP contribution in [0.4, 0.5) is 11.8 Å². The Balaban J connectivity index is 1.81. The van der Waals surface area contributed by atoms with Gasteiger partial charge in [-0.3, -0.25) is 9.13 Å². The first kappa shape index (κ1) is 15.1. The maximum absolute atomic E-state index is 12.0. The SMILES string of the molecule is CCNc1ccnc(NCc2ccc3c(c2)n(C)c(=O)n3C)n1. The summed E-state index contributed by atoms with van der Waals surface area (Å²) in [7, 11) is 3.56. The summed E-state index contributed by atoms with van der Waals surface area (Å²) in [6, 6.07) is 7.81. The van der Waals surface area contributed by atoms with Crippen molar-refractivity contribution < 1.29 is 0 Å². The molecule has 1 aromatic carbocycles. The first-order chi connectivity index (χ1) is 11.1. The Morgan fingerprint density at radius 2 is 1.87 bits per heavy atom. The van der Waals surface area contributed by atoms with Gasteiger partial charge >= 0.3 is 5.69 Å². The van der Waals surface area contributed by atoms with Gasteiger partial charge in [0, 0.05) is 33.4 Å². The number of fused-ring (bicyclic) bond motifs is 1. The van der Waals surface area contributed by atoms with Gasteiger partial charge in [0.15, 0.2) is 0 Å². The lowest BCUT2D eigenvalue weighted by Gasteiger charge is -2.07. The van der Waals surface area contributed by atoms with Crippen molar-refractivity contribution >= 4 is 22.8 Å². The minimum Gasteiger partial charge on any atom is -0.370 e. The van der Waals surface area contributed by atoms with Crippen LogP contribution in [-0.4, -0.2) is 25.6 Å². The summed E-state index contributed by atoms with van der Waals surface area (Å²) in [6.07, 6.45) is 1.72. The van der Waals surface area contributed by atoms with E-state index in [-0.39, 0.29) is 5.69 Å². The van der Waals surface area contributed by atoms with E-state index in [1.807, 2.05) is 31.2 Å². The fourth-order valence-electron chi connectivity index (χ4n) is 2.57. The molecule has 3 aromatic rings. The molecular formula is C16H20N6O. The smallest absolute Gasteiger partial charge is 0.328 e. The number of rotatable bonds is 5. The molecule has 0 aliphatic heterocycles. The van der Waals surface area contributed by atoms with Gasteiger partial charge < -0.3 is 10.6 Å². The van der Waals surface area contributed by atoms with Gasteiger partial charge in [-0.15, -0.1) is 0 Å². The third-order valence-corrected chi connectivity index (χ3v) is 3.80. The molecular weight excluding hydrogens is 292 g/mol. The Bertz CT molecular complexity index is 895. The van der Waals surface area contributed by atoms with Crippen LogP contribution in [-0.2, 0) is 20.6 Å². The molecule has 2 N–H and O–H groups in total. The fraction of sp³-hybridized carbons (Fsp3) is 0.312. The van der Waals surface area contributed by atoms with Crippen LogP contribution >= 0.6 is 0 Å². The molecule has 0 unspecified atom stereocenters. The van der Waals surface area contributed by atoms with E-state index in [2.05, 4.69) is 20.6 Å². The van der Waals surface area contributed by atoms with Crippen molar-refractivity contribution in [3.63, 3.8) is 0 Å². The Morgan fingerprint density at radius 3 is 2.65 bits per heavy atom. The second-order valence-corrected chi connectivity index (χ2v) is 5.37. The highest BCUT2D eigenvalue weighted by molar-refractivity contribution is 5.76. The van der Waals surface area contributed by atoms with E-state index in [4.69, 9.17) is 0 Å². The van der Waals surface area contributed by atoms with Crippen molar-refractivity contribution in [3.8, 4) is 0 Å². The van der Waals surface area contributed by atoms with E-state index in [1.54, 1.807) is 29.4 Å². The van der Waals surface area contributed by atoms with E-state index < -0.39 is 0 Å². The summed E-state index contributed by atoms with van der Waals surface area (Å²) in [5.74, 6) is 1.37. The van der Waals surface area contributed by atoms with Crippen LogP contribution in [0, 0.1) is 0 Å². The number of benzene rings is 1. The zero-order chi connectivity index (χ0) is 16.4. The molecule has 2 heterocycles. The van der Waals surface area contributed by atoms with Crippen molar-refractivity contribution in [2.75, 3.05) is 17.2 Å². The summed E-state index contributed by atoms with van der Waals surface area (Å²) in [6.45, 7) is 3.43. The Morgan fingerprint density at radius 1 is 1.09 bits per heavy atom. The van der Waals surface area contributed by atoms with Crippen LogP contribution in [0.25, 0.3) is 11.0 Å². The van der Waals surface area contributed by atoms with Crippen LogP contribution < -0.4 is 16.3 Å². The monoisotopic (exact) mass is 312 g/mol. The molecule has 0 fully saturated rings. The second kappa shape index (κ2) is 6.12. The maximum atomic E-state index is 12.0. The van der Waals surface area contributed by atoms with E-state index in [9.17, 15) is 4.79 Å². The third-order valence-electron chi connectivity index (χ3n) is 3.80. The van der Waals surface area contributed by atoms with Crippen LogP contribution in [0.5, 0.6) is 0 Å². The molecule has 0 saturated heterocycles. The molecule has 23 heavy (non-hydrogen) atoms. The van der Waals surface area contributed by atoms with Crippen molar-refractivity contribution in [3.05, 3.63) is 46.5 Å². The highest BCUT2D eigenvalue weighted by Crippen LogP contribution is 2.15. The van der Waals surface area contributed by atoms with E-state index in [0.29, 0.717) is 12.5 Å². The second-order valence-electron chi connectivity index (χ2n) is 5.37. The van der Waals surface area contributed by atoms with E-state index >= 15 is 0 Å². The molecule has 0 atom stereocenters. The lowest BCUT2D eigenvalue weighted by Crippen LogP contribution is -2.19. The van der Waals surface area contributed by atoms with Crippen LogP contribution in [0.2, 0.25) is 0 Å². The third kappa shape index (κ3) is 2.90. The zero-order valence-electron chi connectivity index (χ0n) is 13.5. The quantitative estimate of drug-likeness (QED) is 0.750. The summed E-state index contributed by atoms with van der Waals surface area (Å²) in [5, 5.41) is 6.36. The molecule has 0 aliphatic rings. The van der Waals surface area contributed by atoms with Crippen LogP contribution in [0.1, 0.15) is 12.5 Å². The molecule has 7 heteroatoms. The zero-order valence-corrected chi connectivity index (χ0v) is 13.5. The average molecular weight is 312 g/mol. The summed E-state index contributed by atoms with van der Waals surface area (Å²) < 4.78 is 3.30. The standard InChI is InChI=1S/C16H20N6O/c1-4-17-14-7-8-18-15(20-14)19-10-11-5-6-12-13(9-11)22(3)16(23)21(12)2/h5-9H,4,10H2,1-3H3,(H2,17,18,19,20). The molecule has 0 bridgehead atoms. The summed E-state index contributed by atoms with van der Waals surface area (Å²) in [4.78, 5) is 20.6. The summed E-state index contributed by atoms with van der Waals surface area (Å²) >= 11 is 0. The molecule has 0 amide bonds. The normalized spacial score (nSPS) is 10.9. The van der Waals surface area contributed by atoms with Gasteiger partial charge in [0.1, 0.15) is 5.82 Å². The molecule has 0 saturated carbocycles. The molecule has 3 rings (SSSR count). The van der Waals surface area contributed by atoms with Gasteiger partial charge in [-0.05, 0) is 30.7 Å². The first-order valence-corrected chi connectivity index (χ1v) is 7.55. The average Bonchev–Trinajstić information content (AvgIpc) is 2.78. The van der Waals surface area contributed by atoms with Crippen molar-refractivity contribution in [1.29, 1.82) is 0 Å². The van der Waals surface area contributed by atoms with Crippen molar-refractivity contribution in [1.82, 2.24) is 19.1 Å². The highest BCUT2D eigenvalue weighted by atomic mass is 16.1. The number of nitrogens with one attached hydrogen (secondary N) is 2. The minimum absolute atomic E-state index is 0.0215. The molecule has 0 spiro atoms. The minimum atomic E-state index is -0.0215. The van der Waals surface area contributed by atoms with Gasteiger partial charge in [0.2, 0.25) is 5.95 Å². The predicted molar refractivity (Wildman–Crippen MR) is 91.7 cm³/mol. The van der Waals surface area contributed by atoms with Gasteiger partial charge in [-0.25, -0.2) is 9.78 Å². The molecule has 2 aromatic heterocycles. The van der Waals surface area contributed by atoms with Crippen LogP contribution in [0.15, 0.2) is 35.3 Å². The van der Waals surface area contributed by atoms with Gasteiger partial charge in [-0.1, -0.05) is 6.07 Å². The number of anilines is 2. The summed E-state index contributed by atoms with van der Waals surface area (Å²) in [5.41, 5.74) is 2.88. The van der Waals surface area contributed by atoms with Gasteiger partial charge in [-0.2, -0.15) is 4.98 Å². The predicted octanol–water partition coefficient (Wildman–Crippen LogP) is 1.71. The van der Waals surface area contributed by atoms with Crippen molar-refractivity contribution in [2.45, 2.75) is 13.5 Å². The lowest BCUT2D eigenvalue weighted by molar-refractivity contribution is 0.795.